The van der Waals surface area contributed by atoms with Crippen molar-refractivity contribution in [3.63, 3.8) is 0 Å². The highest BCUT2D eigenvalue weighted by molar-refractivity contribution is 6.58. The highest BCUT2D eigenvalue weighted by Crippen LogP contribution is 2.31. The van der Waals surface area contributed by atoms with E-state index in [1.54, 1.807) is 6.07 Å². The molecule has 0 aliphatic carbocycles. The Bertz CT molecular complexity index is 452. The summed E-state index contributed by atoms with van der Waals surface area (Å²) in [6, 6.07) is 7.44. The molecule has 0 radical (unpaired) electrons. The van der Waals surface area contributed by atoms with Gasteiger partial charge >= 0.3 is 7.12 Å². The lowest BCUT2D eigenvalue weighted by Crippen LogP contribution is -2.44. The van der Waals surface area contributed by atoms with Crippen LogP contribution in [0.15, 0.2) is 24.3 Å². The van der Waals surface area contributed by atoms with E-state index in [0.717, 1.165) is 38.0 Å². The topological polar surface area (TPSA) is 62.2 Å². The molecule has 0 amide bonds. The number of benzene rings is 1. The van der Waals surface area contributed by atoms with Gasteiger partial charge in [-0.25, -0.2) is 0 Å². The van der Waals surface area contributed by atoms with Crippen LogP contribution in [0.4, 0.5) is 0 Å². The number of hydrogen-bond acceptors (Lipinski definition) is 5. The van der Waals surface area contributed by atoms with Crippen molar-refractivity contribution in [2.45, 2.75) is 25.2 Å². The molecular weight excluding hydrogens is 257 g/mol. The van der Waals surface area contributed by atoms with Crippen LogP contribution in [0.2, 0.25) is 0 Å². The molecule has 1 spiro atoms. The van der Waals surface area contributed by atoms with Gasteiger partial charge in [0.25, 0.3) is 0 Å². The predicted molar refractivity (Wildman–Crippen MR) is 75.4 cm³/mol. The third-order valence-electron chi connectivity index (χ3n) is 4.09. The Labute approximate surface area is 119 Å². The maximum atomic E-state index is 9.20. The van der Waals surface area contributed by atoms with Crippen LogP contribution >= 0.6 is 0 Å². The van der Waals surface area contributed by atoms with Crippen molar-refractivity contribution in [1.29, 1.82) is 0 Å². The Morgan fingerprint density at radius 1 is 1.15 bits per heavy atom. The molecule has 0 unspecified atom stereocenters. The molecule has 20 heavy (non-hydrogen) atoms. The van der Waals surface area contributed by atoms with Crippen LogP contribution in [-0.2, 0) is 16.0 Å². The van der Waals surface area contributed by atoms with Gasteiger partial charge in [0, 0.05) is 32.5 Å². The van der Waals surface area contributed by atoms with E-state index in [1.165, 1.54) is 0 Å². The Balaban J connectivity index is 1.58. The van der Waals surface area contributed by atoms with Gasteiger partial charge in [0.1, 0.15) is 0 Å². The van der Waals surface area contributed by atoms with Crippen LogP contribution in [0.3, 0.4) is 0 Å². The summed E-state index contributed by atoms with van der Waals surface area (Å²) in [6.07, 6.45) is 1.80. The first-order chi connectivity index (χ1) is 9.67. The summed E-state index contributed by atoms with van der Waals surface area (Å²) in [4.78, 5) is 2.35. The lowest BCUT2D eigenvalue weighted by Gasteiger charge is -2.37. The minimum Gasteiger partial charge on any atom is -0.423 e. The average Bonchev–Trinajstić information content (AvgIpc) is 2.90. The van der Waals surface area contributed by atoms with Gasteiger partial charge in [-0.3, -0.25) is 4.90 Å². The van der Waals surface area contributed by atoms with Crippen molar-refractivity contribution in [2.75, 3.05) is 26.3 Å². The molecule has 3 rings (SSSR count). The third-order valence-corrected chi connectivity index (χ3v) is 4.09. The van der Waals surface area contributed by atoms with Crippen molar-refractivity contribution in [1.82, 2.24) is 4.90 Å². The van der Waals surface area contributed by atoms with Gasteiger partial charge in [-0.15, -0.1) is 0 Å². The van der Waals surface area contributed by atoms with Gasteiger partial charge in [-0.2, -0.15) is 0 Å². The van der Waals surface area contributed by atoms with Gasteiger partial charge in [0.15, 0.2) is 5.79 Å². The SMILES string of the molecule is OB(O)c1cccc(CN2CCC3(CC2)OCCO3)c1. The summed E-state index contributed by atoms with van der Waals surface area (Å²) in [6.45, 7) is 4.10. The summed E-state index contributed by atoms with van der Waals surface area (Å²) in [7, 11) is -1.40. The molecule has 2 saturated heterocycles. The number of hydrogen-bond donors (Lipinski definition) is 2. The first kappa shape index (κ1) is 14.0. The number of piperidine rings is 1. The maximum Gasteiger partial charge on any atom is 0.488 e. The monoisotopic (exact) mass is 277 g/mol. The third kappa shape index (κ3) is 3.05. The molecule has 1 aromatic carbocycles. The molecular formula is C14H20BNO4. The molecule has 6 heteroatoms. The standard InChI is InChI=1S/C14H20BNO4/c17-15(18)13-3-1-2-12(10-13)11-16-6-4-14(5-7-16)19-8-9-20-14/h1-3,10,17-18H,4-9,11H2. The lowest BCUT2D eigenvalue weighted by atomic mass is 9.79. The van der Waals surface area contributed by atoms with Crippen molar-refractivity contribution in [3.8, 4) is 0 Å². The van der Waals surface area contributed by atoms with E-state index < -0.39 is 7.12 Å². The zero-order valence-corrected chi connectivity index (χ0v) is 11.5. The number of ether oxygens (including phenoxy) is 2. The van der Waals surface area contributed by atoms with Crippen molar-refractivity contribution in [2.24, 2.45) is 0 Å². The fourth-order valence-electron chi connectivity index (χ4n) is 2.95. The molecule has 0 bridgehead atoms. The summed E-state index contributed by atoms with van der Waals surface area (Å²) in [5.74, 6) is -0.334. The van der Waals surface area contributed by atoms with E-state index in [9.17, 15) is 10.0 Å². The first-order valence-corrected chi connectivity index (χ1v) is 7.12. The largest absolute Gasteiger partial charge is 0.488 e. The maximum absolute atomic E-state index is 9.20. The molecule has 0 aromatic heterocycles. The van der Waals surface area contributed by atoms with E-state index in [1.807, 2.05) is 18.2 Å². The Hall–Kier alpha value is -0.915. The quantitative estimate of drug-likeness (QED) is 0.743. The smallest absolute Gasteiger partial charge is 0.423 e. The van der Waals surface area contributed by atoms with Gasteiger partial charge in [-0.1, -0.05) is 24.3 Å². The Kier molecular flexibility index (Phi) is 4.09. The number of nitrogens with zero attached hydrogens (tertiary/aromatic N) is 1. The minimum atomic E-state index is -1.40. The second-order valence-corrected chi connectivity index (χ2v) is 5.50. The fraction of sp³-hybridized carbons (Fsp3) is 0.571. The van der Waals surface area contributed by atoms with Gasteiger partial charge < -0.3 is 19.5 Å². The van der Waals surface area contributed by atoms with Crippen LogP contribution in [0.25, 0.3) is 0 Å². The van der Waals surface area contributed by atoms with Crippen LogP contribution in [0.5, 0.6) is 0 Å². The van der Waals surface area contributed by atoms with Crippen LogP contribution in [-0.4, -0.2) is 54.2 Å². The second-order valence-electron chi connectivity index (χ2n) is 5.50. The molecule has 2 N–H and O–H groups in total. The van der Waals surface area contributed by atoms with E-state index in [0.29, 0.717) is 18.7 Å². The summed E-state index contributed by atoms with van der Waals surface area (Å²) in [5, 5.41) is 18.4. The highest BCUT2D eigenvalue weighted by atomic mass is 16.7. The molecule has 2 heterocycles. The van der Waals surface area contributed by atoms with Crippen LogP contribution in [0.1, 0.15) is 18.4 Å². The van der Waals surface area contributed by atoms with E-state index in [4.69, 9.17) is 9.47 Å². The van der Waals surface area contributed by atoms with Gasteiger partial charge in [0.2, 0.25) is 0 Å². The first-order valence-electron chi connectivity index (χ1n) is 7.12. The lowest BCUT2D eigenvalue weighted by molar-refractivity contribution is -0.185. The molecule has 2 aliphatic rings. The highest BCUT2D eigenvalue weighted by Gasteiger charge is 2.39. The molecule has 2 fully saturated rings. The predicted octanol–water partition coefficient (Wildman–Crippen LogP) is -0.295. The Morgan fingerprint density at radius 3 is 2.50 bits per heavy atom. The molecule has 1 aromatic rings. The van der Waals surface area contributed by atoms with E-state index in [2.05, 4.69) is 4.90 Å². The molecule has 2 aliphatic heterocycles. The zero-order chi connectivity index (χ0) is 14.0. The van der Waals surface area contributed by atoms with Crippen molar-refractivity contribution < 1.29 is 19.5 Å². The van der Waals surface area contributed by atoms with Gasteiger partial charge in [-0.05, 0) is 11.0 Å². The summed E-state index contributed by atoms with van der Waals surface area (Å²) < 4.78 is 11.4. The number of likely N-dealkylation sites (tertiary alicyclic amines) is 1. The Morgan fingerprint density at radius 2 is 1.85 bits per heavy atom. The zero-order valence-electron chi connectivity index (χ0n) is 11.5. The normalized spacial score (nSPS) is 22.3. The van der Waals surface area contributed by atoms with E-state index in [-0.39, 0.29) is 5.79 Å². The molecule has 0 atom stereocenters. The molecule has 5 nitrogen and oxygen atoms in total. The van der Waals surface area contributed by atoms with E-state index >= 15 is 0 Å². The van der Waals surface area contributed by atoms with Crippen molar-refractivity contribution >= 4 is 12.6 Å². The summed E-state index contributed by atoms with van der Waals surface area (Å²) in [5.41, 5.74) is 1.64. The average molecular weight is 277 g/mol. The molecule has 108 valence electrons. The van der Waals surface area contributed by atoms with Gasteiger partial charge in [0.05, 0.1) is 13.2 Å². The molecule has 0 saturated carbocycles. The van der Waals surface area contributed by atoms with Crippen LogP contribution < -0.4 is 5.46 Å². The fourth-order valence-corrected chi connectivity index (χ4v) is 2.95. The minimum absolute atomic E-state index is 0.334. The van der Waals surface area contributed by atoms with Crippen LogP contribution in [0, 0.1) is 0 Å². The summed E-state index contributed by atoms with van der Waals surface area (Å²) >= 11 is 0. The van der Waals surface area contributed by atoms with Crippen molar-refractivity contribution in [3.05, 3.63) is 29.8 Å². The second kappa shape index (κ2) is 5.83. The number of rotatable bonds is 3.